The molecule has 0 aromatic carbocycles. The lowest BCUT2D eigenvalue weighted by Crippen LogP contribution is -2.31. The molecule has 4 aromatic rings. The predicted octanol–water partition coefficient (Wildman–Crippen LogP) is 3.96. The minimum absolute atomic E-state index is 0.168. The molecule has 36 heavy (non-hydrogen) atoms. The zero-order chi connectivity index (χ0) is 25.2. The third-order valence-electron chi connectivity index (χ3n) is 6.55. The number of ether oxygens (including phenoxy) is 1. The lowest BCUT2D eigenvalue weighted by atomic mass is 10.0. The number of likely N-dealkylation sites (tertiary alicyclic amines) is 1. The van der Waals surface area contributed by atoms with Crippen LogP contribution in [-0.4, -0.2) is 47.4 Å². The van der Waals surface area contributed by atoms with E-state index < -0.39 is 11.9 Å². The van der Waals surface area contributed by atoms with Crippen molar-refractivity contribution in [3.8, 4) is 29.4 Å². The zero-order valence-electron chi connectivity index (χ0n) is 20.0. The van der Waals surface area contributed by atoms with Gasteiger partial charge in [0.25, 0.3) is 0 Å². The van der Waals surface area contributed by atoms with E-state index in [2.05, 4.69) is 32.5 Å². The fourth-order valence-corrected chi connectivity index (χ4v) is 4.62. The van der Waals surface area contributed by atoms with Gasteiger partial charge in [0.2, 0.25) is 5.88 Å². The Labute approximate surface area is 207 Å². The highest BCUT2D eigenvalue weighted by atomic mass is 19.1. The average Bonchev–Trinajstić information content (AvgIpc) is 3.51. The molecule has 1 aliphatic rings. The summed E-state index contributed by atoms with van der Waals surface area (Å²) >= 11 is 0. The maximum atomic E-state index is 13.4. The van der Waals surface area contributed by atoms with Gasteiger partial charge in [-0.2, -0.15) is 10.5 Å². The number of hydrogen-bond donors (Lipinski definition) is 0. The van der Waals surface area contributed by atoms with Gasteiger partial charge in [0.05, 0.1) is 29.8 Å². The highest BCUT2D eigenvalue weighted by Crippen LogP contribution is 2.33. The van der Waals surface area contributed by atoms with Crippen LogP contribution in [0.3, 0.4) is 0 Å². The van der Waals surface area contributed by atoms with E-state index in [9.17, 15) is 9.65 Å². The van der Waals surface area contributed by atoms with Crippen LogP contribution in [0.2, 0.25) is 0 Å². The summed E-state index contributed by atoms with van der Waals surface area (Å²) in [6, 6.07) is 8.93. The van der Waals surface area contributed by atoms with Gasteiger partial charge in [0, 0.05) is 24.7 Å². The summed E-state index contributed by atoms with van der Waals surface area (Å²) in [5.74, 6) is -0.0120. The van der Waals surface area contributed by atoms with Crippen LogP contribution in [0.25, 0.3) is 16.9 Å². The predicted molar refractivity (Wildman–Crippen MR) is 127 cm³/mol. The van der Waals surface area contributed by atoms with Crippen molar-refractivity contribution in [1.29, 1.82) is 10.5 Å². The van der Waals surface area contributed by atoms with Crippen molar-refractivity contribution < 1.29 is 9.13 Å². The van der Waals surface area contributed by atoms with Gasteiger partial charge in [-0.3, -0.25) is 9.38 Å². The molecule has 1 fully saturated rings. The SMILES string of the molecule is CC[C@@H](Oc1cc(-c2nnn(C3CCN(C#N)CC3)c2C)cc2ncc(C#N)n12)c1ccc(F)cn1. The zero-order valence-corrected chi connectivity index (χ0v) is 20.0. The number of fused-ring (bicyclic) bond motifs is 1. The first-order chi connectivity index (χ1) is 17.5. The molecule has 1 aliphatic heterocycles. The Bertz CT molecular complexity index is 1470. The van der Waals surface area contributed by atoms with Crippen LogP contribution in [0.1, 0.15) is 55.4 Å². The van der Waals surface area contributed by atoms with E-state index in [1.54, 1.807) is 15.4 Å². The summed E-state index contributed by atoms with van der Waals surface area (Å²) in [7, 11) is 0. The van der Waals surface area contributed by atoms with Crippen molar-refractivity contribution >= 4 is 5.65 Å². The molecular formula is C25H24FN9O. The molecule has 0 aliphatic carbocycles. The summed E-state index contributed by atoms with van der Waals surface area (Å²) in [5.41, 5.74) is 3.81. The molecule has 0 spiro atoms. The van der Waals surface area contributed by atoms with Crippen LogP contribution >= 0.6 is 0 Å². The van der Waals surface area contributed by atoms with Crippen LogP contribution < -0.4 is 4.74 Å². The van der Waals surface area contributed by atoms with Crippen LogP contribution in [0.15, 0.2) is 36.7 Å². The Hall–Kier alpha value is -4.51. The third-order valence-corrected chi connectivity index (χ3v) is 6.55. The Morgan fingerprint density at radius 3 is 2.64 bits per heavy atom. The first-order valence-corrected chi connectivity index (χ1v) is 11.8. The molecule has 0 unspecified atom stereocenters. The summed E-state index contributed by atoms with van der Waals surface area (Å²) in [5, 5.41) is 27.7. The quantitative estimate of drug-likeness (QED) is 0.376. The van der Waals surface area contributed by atoms with Gasteiger partial charge in [-0.05, 0) is 44.4 Å². The van der Waals surface area contributed by atoms with Crippen LogP contribution in [0, 0.1) is 35.5 Å². The standard InChI is InChI=1S/C25H24FN9O/c1-3-22(21-5-4-18(26)13-29-21)36-24-11-17(10-23-30-14-20(12-27)34(23)24)25-16(2)35(32-31-25)19-6-8-33(15-28)9-7-19/h4-5,10-11,13-14,19,22H,3,6-9H2,1-2H3/t22-/m1/s1. The van der Waals surface area contributed by atoms with Gasteiger partial charge < -0.3 is 9.64 Å². The summed E-state index contributed by atoms with van der Waals surface area (Å²) in [6.45, 7) is 5.31. The summed E-state index contributed by atoms with van der Waals surface area (Å²) in [4.78, 5) is 10.3. The molecule has 1 atom stereocenters. The Morgan fingerprint density at radius 2 is 1.97 bits per heavy atom. The summed E-state index contributed by atoms with van der Waals surface area (Å²) < 4.78 is 23.3. The molecule has 182 valence electrons. The van der Waals surface area contributed by atoms with Gasteiger partial charge in [-0.1, -0.05) is 12.1 Å². The van der Waals surface area contributed by atoms with Gasteiger partial charge >= 0.3 is 0 Å². The molecule has 10 nitrogen and oxygen atoms in total. The second kappa shape index (κ2) is 9.62. The molecule has 5 rings (SSSR count). The van der Waals surface area contributed by atoms with E-state index in [0.29, 0.717) is 48.1 Å². The molecule has 0 amide bonds. The maximum Gasteiger partial charge on any atom is 0.201 e. The molecular weight excluding hydrogens is 461 g/mol. The molecule has 1 saturated heterocycles. The third kappa shape index (κ3) is 4.20. The smallest absolute Gasteiger partial charge is 0.201 e. The lowest BCUT2D eigenvalue weighted by Gasteiger charge is -2.28. The monoisotopic (exact) mass is 485 g/mol. The maximum absolute atomic E-state index is 13.4. The normalized spacial score (nSPS) is 15.0. The molecule has 0 bridgehead atoms. The minimum atomic E-state index is -0.458. The Balaban J connectivity index is 1.53. The van der Waals surface area contributed by atoms with Gasteiger partial charge in [0.15, 0.2) is 6.19 Å². The van der Waals surface area contributed by atoms with E-state index in [1.165, 1.54) is 12.3 Å². The van der Waals surface area contributed by atoms with E-state index >= 15 is 0 Å². The number of halogens is 1. The van der Waals surface area contributed by atoms with Crippen molar-refractivity contribution in [2.75, 3.05) is 13.1 Å². The number of rotatable bonds is 6. The lowest BCUT2D eigenvalue weighted by molar-refractivity contribution is 0.185. The Morgan fingerprint density at radius 1 is 1.17 bits per heavy atom. The van der Waals surface area contributed by atoms with Crippen LogP contribution in [-0.2, 0) is 0 Å². The highest BCUT2D eigenvalue weighted by Gasteiger charge is 2.25. The van der Waals surface area contributed by atoms with E-state index in [0.717, 1.165) is 30.3 Å². The van der Waals surface area contributed by atoms with Crippen molar-refractivity contribution in [1.82, 2.24) is 34.3 Å². The summed E-state index contributed by atoms with van der Waals surface area (Å²) in [6.07, 6.45) is 6.62. The van der Waals surface area contributed by atoms with Gasteiger partial charge in [-0.15, -0.1) is 5.10 Å². The topological polar surface area (TPSA) is 121 Å². The number of nitrogens with zero attached hydrogens (tertiary/aromatic N) is 9. The second-order valence-corrected chi connectivity index (χ2v) is 8.73. The molecule has 11 heteroatoms. The molecule has 4 aromatic heterocycles. The number of nitriles is 2. The minimum Gasteiger partial charge on any atom is -0.469 e. The largest absolute Gasteiger partial charge is 0.469 e. The first kappa shape index (κ1) is 23.2. The van der Waals surface area contributed by atoms with Crippen molar-refractivity contribution in [2.24, 2.45) is 0 Å². The highest BCUT2D eigenvalue weighted by molar-refractivity contribution is 5.68. The fourth-order valence-electron chi connectivity index (χ4n) is 4.62. The number of imidazole rings is 1. The van der Waals surface area contributed by atoms with Crippen molar-refractivity contribution in [3.05, 3.63) is 59.6 Å². The van der Waals surface area contributed by atoms with Crippen LogP contribution in [0.4, 0.5) is 4.39 Å². The molecule has 0 radical (unpaired) electrons. The van der Waals surface area contributed by atoms with Crippen LogP contribution in [0.5, 0.6) is 5.88 Å². The fraction of sp³-hybridized carbons (Fsp3) is 0.360. The van der Waals surface area contributed by atoms with Gasteiger partial charge in [-0.25, -0.2) is 14.1 Å². The molecule has 0 N–H and O–H groups in total. The molecule has 0 saturated carbocycles. The second-order valence-electron chi connectivity index (χ2n) is 8.73. The average molecular weight is 486 g/mol. The van der Waals surface area contributed by atoms with E-state index in [4.69, 9.17) is 10.00 Å². The number of piperidine rings is 1. The number of hydrogen-bond acceptors (Lipinski definition) is 8. The van der Waals surface area contributed by atoms with E-state index in [1.807, 2.05) is 30.7 Å². The van der Waals surface area contributed by atoms with Crippen molar-refractivity contribution in [3.63, 3.8) is 0 Å². The van der Waals surface area contributed by atoms with E-state index in [-0.39, 0.29) is 6.04 Å². The van der Waals surface area contributed by atoms with Crippen molar-refractivity contribution in [2.45, 2.75) is 45.3 Å². The first-order valence-electron chi connectivity index (χ1n) is 11.8. The number of pyridine rings is 2. The number of aromatic nitrogens is 6. The van der Waals surface area contributed by atoms with Gasteiger partial charge in [0.1, 0.15) is 35.0 Å². The Kier molecular flexibility index (Phi) is 6.21. The molecule has 5 heterocycles.